The van der Waals surface area contributed by atoms with Crippen LogP contribution < -0.4 is 34.6 Å². The maximum Gasteiger partial charge on any atom is 0.258 e. The second kappa shape index (κ2) is 13.6. The summed E-state index contributed by atoms with van der Waals surface area (Å²) in [5, 5.41) is 5.88. The number of halogens is 1. The van der Waals surface area contributed by atoms with Gasteiger partial charge in [0, 0.05) is 62.5 Å². The molecule has 0 aliphatic carbocycles. The summed E-state index contributed by atoms with van der Waals surface area (Å²) in [7, 11) is 1.48. The molecule has 0 saturated carbocycles. The van der Waals surface area contributed by atoms with Crippen LogP contribution in [0.15, 0.2) is 42.5 Å². The van der Waals surface area contributed by atoms with Crippen molar-refractivity contribution in [1.29, 1.82) is 0 Å². The Bertz CT molecular complexity index is 1550. The molecule has 0 radical (unpaired) electrons. The summed E-state index contributed by atoms with van der Waals surface area (Å²) in [6.07, 6.45) is 0.808. The zero-order valence-corrected chi connectivity index (χ0v) is 25.4. The van der Waals surface area contributed by atoms with Crippen molar-refractivity contribution in [3.63, 3.8) is 0 Å². The number of aromatic nitrogens is 2. The fraction of sp³-hybridized carbons (Fsp3) is 0.438. The van der Waals surface area contributed by atoms with E-state index in [0.29, 0.717) is 74.4 Å². The molecule has 4 heterocycles. The minimum absolute atomic E-state index is 0.0883. The fourth-order valence-electron chi connectivity index (χ4n) is 5.68. The molecular weight excluding hydrogens is 583 g/mol. The molecule has 2 saturated heterocycles. The third kappa shape index (κ3) is 7.19. The van der Waals surface area contributed by atoms with E-state index in [4.69, 9.17) is 28.9 Å². The average molecular weight is 621 g/mol. The van der Waals surface area contributed by atoms with Crippen molar-refractivity contribution >= 4 is 23.6 Å². The average Bonchev–Trinajstić information content (AvgIpc) is 3.06. The molecule has 1 aromatic heterocycles. The number of methoxy groups -OCH3 is 1. The first-order valence-electron chi connectivity index (χ1n) is 15.2. The maximum absolute atomic E-state index is 14.7. The van der Waals surface area contributed by atoms with E-state index in [1.807, 2.05) is 6.07 Å². The number of carbonyl (C=O) groups is 2. The van der Waals surface area contributed by atoms with E-state index < -0.39 is 23.9 Å². The summed E-state index contributed by atoms with van der Waals surface area (Å²) in [6, 6.07) is 10.7. The highest BCUT2D eigenvalue weighted by Crippen LogP contribution is 2.30. The van der Waals surface area contributed by atoms with Crippen LogP contribution in [0.4, 0.5) is 16.2 Å². The topological polar surface area (TPSA) is 127 Å². The van der Waals surface area contributed by atoms with Gasteiger partial charge in [-0.25, -0.2) is 9.37 Å². The van der Waals surface area contributed by atoms with Gasteiger partial charge in [-0.2, -0.15) is 4.98 Å². The molecule has 4 bridgehead atoms. The SMILES string of the molecule is CCc1cc(N2CC[C@H]3Oc4cc(F)cc(c4)CNC(=O)COc4cc(ccc4OC)C(=O)N[C@H]3C2)nc(N2CCOCC2)n1. The van der Waals surface area contributed by atoms with E-state index >= 15 is 0 Å². The van der Waals surface area contributed by atoms with Gasteiger partial charge in [0.05, 0.1) is 26.4 Å². The Morgan fingerprint density at radius 1 is 1.04 bits per heavy atom. The molecule has 2 aromatic carbocycles. The van der Waals surface area contributed by atoms with Gasteiger partial charge < -0.3 is 39.4 Å². The zero-order chi connectivity index (χ0) is 31.3. The number of hydrogen-bond acceptors (Lipinski definition) is 10. The summed E-state index contributed by atoms with van der Waals surface area (Å²) < 4.78 is 37.6. The van der Waals surface area contributed by atoms with Crippen LogP contribution in [0.5, 0.6) is 17.2 Å². The standard InChI is InChI=1S/C32H37FN6O6/c1-3-23-16-29(37-32(35-23)38-8-10-43-11-9-38)39-7-6-26-25(18-39)36-31(41)21-4-5-27(42-2)28(14-21)44-19-30(40)34-17-20-12-22(33)15-24(13-20)45-26/h4-5,12-16,25-26H,3,6-11,17-19H2,1-2H3,(H,34,40)(H,36,41)/t25-,26+/m0/s1. The van der Waals surface area contributed by atoms with Crippen molar-refractivity contribution in [3.05, 3.63) is 65.1 Å². The second-order valence-electron chi connectivity index (χ2n) is 11.2. The number of benzene rings is 2. The Hall–Kier alpha value is -4.65. The third-order valence-corrected chi connectivity index (χ3v) is 8.09. The molecule has 0 unspecified atom stereocenters. The number of hydrogen-bond donors (Lipinski definition) is 2. The van der Waals surface area contributed by atoms with Gasteiger partial charge >= 0.3 is 0 Å². The normalized spacial score (nSPS) is 20.7. The van der Waals surface area contributed by atoms with Gasteiger partial charge in [0.15, 0.2) is 18.1 Å². The van der Waals surface area contributed by atoms with E-state index in [0.717, 1.165) is 17.9 Å². The van der Waals surface area contributed by atoms with E-state index in [2.05, 4.69) is 27.4 Å². The number of nitrogens with one attached hydrogen (secondary N) is 2. The fourth-order valence-corrected chi connectivity index (χ4v) is 5.68. The minimum Gasteiger partial charge on any atom is -0.493 e. The molecule has 2 N–H and O–H groups in total. The number of ether oxygens (including phenoxy) is 4. The van der Waals surface area contributed by atoms with Crippen LogP contribution in [0.25, 0.3) is 0 Å². The van der Waals surface area contributed by atoms with E-state index in [1.165, 1.54) is 19.2 Å². The van der Waals surface area contributed by atoms with Gasteiger partial charge in [-0.1, -0.05) is 6.92 Å². The number of carbonyl (C=O) groups excluding carboxylic acids is 2. The molecule has 3 aromatic rings. The van der Waals surface area contributed by atoms with Crippen LogP contribution in [0.2, 0.25) is 0 Å². The number of aryl methyl sites for hydroxylation is 1. The van der Waals surface area contributed by atoms with Crippen molar-refractivity contribution in [1.82, 2.24) is 20.6 Å². The number of nitrogens with zero attached hydrogens (tertiary/aromatic N) is 4. The highest BCUT2D eigenvalue weighted by atomic mass is 19.1. The first-order valence-corrected chi connectivity index (χ1v) is 15.2. The second-order valence-corrected chi connectivity index (χ2v) is 11.2. The van der Waals surface area contributed by atoms with Gasteiger partial charge in [-0.05, 0) is 42.3 Å². The molecule has 2 amide bonds. The van der Waals surface area contributed by atoms with Crippen LogP contribution in [0, 0.1) is 5.82 Å². The molecule has 45 heavy (non-hydrogen) atoms. The predicted octanol–water partition coefficient (Wildman–Crippen LogP) is 2.49. The Kier molecular flexibility index (Phi) is 9.15. The molecule has 6 rings (SSSR count). The van der Waals surface area contributed by atoms with Gasteiger partial charge in [0.2, 0.25) is 5.95 Å². The van der Waals surface area contributed by atoms with E-state index in [-0.39, 0.29) is 24.8 Å². The van der Waals surface area contributed by atoms with Crippen molar-refractivity contribution in [2.24, 2.45) is 0 Å². The van der Waals surface area contributed by atoms with Crippen LogP contribution in [0.3, 0.4) is 0 Å². The highest BCUT2D eigenvalue weighted by molar-refractivity contribution is 5.95. The number of anilines is 2. The van der Waals surface area contributed by atoms with Crippen LogP contribution in [-0.2, 0) is 22.5 Å². The molecule has 3 aliphatic heterocycles. The highest BCUT2D eigenvalue weighted by Gasteiger charge is 2.34. The van der Waals surface area contributed by atoms with Crippen LogP contribution in [0.1, 0.15) is 35.0 Å². The summed E-state index contributed by atoms with van der Waals surface area (Å²) >= 11 is 0. The molecule has 12 nitrogen and oxygen atoms in total. The first kappa shape index (κ1) is 30.4. The number of morpholine rings is 1. The molecular formula is C32H37FN6O6. The first-order chi connectivity index (χ1) is 21.9. The van der Waals surface area contributed by atoms with Gasteiger partial charge in [0.25, 0.3) is 11.8 Å². The molecule has 2 fully saturated rings. The van der Waals surface area contributed by atoms with Gasteiger partial charge in [0.1, 0.15) is 23.5 Å². The summed E-state index contributed by atoms with van der Waals surface area (Å²) in [6.45, 7) is 5.51. The Labute approximate surface area is 260 Å². The largest absolute Gasteiger partial charge is 0.493 e. The van der Waals surface area contributed by atoms with Crippen molar-refractivity contribution in [3.8, 4) is 17.2 Å². The quantitative estimate of drug-likeness (QED) is 0.449. The number of fused-ring (bicyclic) bond motifs is 5. The molecule has 13 heteroatoms. The van der Waals surface area contributed by atoms with E-state index in [1.54, 1.807) is 24.3 Å². The van der Waals surface area contributed by atoms with Gasteiger partial charge in [-0.15, -0.1) is 0 Å². The van der Waals surface area contributed by atoms with Crippen molar-refractivity contribution < 1.29 is 32.9 Å². The monoisotopic (exact) mass is 620 g/mol. The summed E-state index contributed by atoms with van der Waals surface area (Å²) in [5.41, 5.74) is 1.78. The molecule has 3 aliphatic rings. The summed E-state index contributed by atoms with van der Waals surface area (Å²) in [5.74, 6) is 1.13. The van der Waals surface area contributed by atoms with E-state index in [9.17, 15) is 14.0 Å². The predicted molar refractivity (Wildman–Crippen MR) is 164 cm³/mol. The minimum atomic E-state index is -0.490. The lowest BCUT2D eigenvalue weighted by atomic mass is 10.0. The van der Waals surface area contributed by atoms with Crippen LogP contribution >= 0.6 is 0 Å². The summed E-state index contributed by atoms with van der Waals surface area (Å²) in [4.78, 5) is 40.1. The molecule has 238 valence electrons. The van der Waals surface area contributed by atoms with Crippen LogP contribution in [-0.4, -0.2) is 87.0 Å². The zero-order valence-electron chi connectivity index (χ0n) is 25.4. The maximum atomic E-state index is 14.7. The van der Waals surface area contributed by atoms with Gasteiger partial charge in [-0.3, -0.25) is 9.59 Å². The Morgan fingerprint density at radius 3 is 2.69 bits per heavy atom. The van der Waals surface area contributed by atoms with Crippen molar-refractivity contribution in [2.45, 2.75) is 38.5 Å². The lowest BCUT2D eigenvalue weighted by Gasteiger charge is -2.40. The Morgan fingerprint density at radius 2 is 1.89 bits per heavy atom. The third-order valence-electron chi connectivity index (χ3n) is 8.09. The lowest BCUT2D eigenvalue weighted by molar-refractivity contribution is -0.123. The lowest BCUT2D eigenvalue weighted by Crippen LogP contribution is -2.57. The van der Waals surface area contributed by atoms with Crippen molar-refractivity contribution in [2.75, 3.05) is 62.9 Å². The number of rotatable bonds is 4. The molecule has 0 spiro atoms. The number of amides is 2. The number of piperidine rings is 1. The smallest absolute Gasteiger partial charge is 0.258 e. The molecule has 2 atom stereocenters. The Balaban J connectivity index is 1.32.